The summed E-state index contributed by atoms with van der Waals surface area (Å²) in [6.45, 7) is 4.85. The lowest BCUT2D eigenvalue weighted by atomic mass is 9.99. The summed E-state index contributed by atoms with van der Waals surface area (Å²) in [7, 11) is -0.888. The van der Waals surface area contributed by atoms with Gasteiger partial charge in [-0.25, -0.2) is 4.79 Å². The number of nitrogens with one attached hydrogen (secondary N) is 2. The first kappa shape index (κ1) is 16.8. The number of nitrogens with zero attached hydrogens (tertiary/aromatic N) is 1. The van der Waals surface area contributed by atoms with Gasteiger partial charge < -0.3 is 15.5 Å². The first-order valence-corrected chi connectivity index (χ1v) is 9.47. The molecule has 1 aromatic carbocycles. The fraction of sp³-hybridized carbons (Fsp3) is 0.562. The van der Waals surface area contributed by atoms with Crippen molar-refractivity contribution in [3.05, 3.63) is 24.3 Å². The molecule has 5 nitrogen and oxygen atoms in total. The number of benzene rings is 1. The molecule has 2 amide bonds. The molecule has 0 unspecified atom stereocenters. The Labute approximate surface area is 134 Å². The fourth-order valence-corrected chi connectivity index (χ4v) is 2.92. The Balaban J connectivity index is 1.88. The summed E-state index contributed by atoms with van der Waals surface area (Å²) >= 11 is 0. The number of carbonyl (C=O) groups is 1. The van der Waals surface area contributed by atoms with Crippen LogP contribution in [-0.4, -0.2) is 41.9 Å². The summed E-state index contributed by atoms with van der Waals surface area (Å²) in [6, 6.07) is 7.68. The van der Waals surface area contributed by atoms with Crippen molar-refractivity contribution >= 4 is 28.2 Å². The third-order valence-corrected chi connectivity index (χ3v) is 4.71. The summed E-state index contributed by atoms with van der Waals surface area (Å²) in [5.74, 6) is 1.27. The molecule has 1 atom stereocenters. The second-order valence-electron chi connectivity index (χ2n) is 5.88. The van der Waals surface area contributed by atoms with Crippen LogP contribution >= 0.6 is 0 Å². The number of carbonyl (C=O) groups excluding carboxylic acids is 1. The molecule has 1 aromatic rings. The van der Waals surface area contributed by atoms with Gasteiger partial charge in [0, 0.05) is 53.8 Å². The molecule has 122 valence electrons. The zero-order valence-corrected chi connectivity index (χ0v) is 14.1. The van der Waals surface area contributed by atoms with Gasteiger partial charge in [-0.2, -0.15) is 0 Å². The Kier molecular flexibility index (Phi) is 6.24. The first-order valence-electron chi connectivity index (χ1n) is 7.74. The van der Waals surface area contributed by atoms with Crippen LogP contribution in [0.25, 0.3) is 0 Å². The number of urea groups is 1. The van der Waals surface area contributed by atoms with Gasteiger partial charge in [0.1, 0.15) is 0 Å². The Morgan fingerprint density at radius 3 is 2.77 bits per heavy atom. The molecule has 1 aliphatic rings. The minimum absolute atomic E-state index is 0.255. The molecule has 6 heteroatoms. The highest BCUT2D eigenvalue weighted by Gasteiger charge is 2.16. The van der Waals surface area contributed by atoms with E-state index in [1.54, 1.807) is 6.26 Å². The lowest BCUT2D eigenvalue weighted by Gasteiger charge is -2.32. The summed E-state index contributed by atoms with van der Waals surface area (Å²) in [5.41, 5.74) is 1.94. The average Bonchev–Trinajstić information content (AvgIpc) is 2.48. The molecule has 0 spiro atoms. The standard InChI is InChI=1S/C16H25N3O2S/c1-13-6-9-19(10-7-13)15-5-3-4-14(12-15)18-16(20)17-8-11-22(2)21/h3-5,12-13H,6-11H2,1-2H3,(H2,17,18,20)/t22-/m1/s1. The van der Waals surface area contributed by atoms with Gasteiger partial charge >= 0.3 is 6.03 Å². The highest BCUT2D eigenvalue weighted by molar-refractivity contribution is 7.84. The zero-order chi connectivity index (χ0) is 15.9. The summed E-state index contributed by atoms with van der Waals surface area (Å²) < 4.78 is 11.0. The van der Waals surface area contributed by atoms with E-state index in [0.29, 0.717) is 12.3 Å². The first-order chi connectivity index (χ1) is 10.5. The molecule has 1 aliphatic heterocycles. The van der Waals surface area contributed by atoms with Crippen LogP contribution in [0.3, 0.4) is 0 Å². The highest BCUT2D eigenvalue weighted by Crippen LogP contribution is 2.25. The number of rotatable bonds is 5. The van der Waals surface area contributed by atoms with Gasteiger partial charge in [-0.15, -0.1) is 0 Å². The van der Waals surface area contributed by atoms with Crippen molar-refractivity contribution in [2.75, 3.05) is 41.9 Å². The normalized spacial score (nSPS) is 17.1. The van der Waals surface area contributed by atoms with Crippen LogP contribution in [0.4, 0.5) is 16.2 Å². The summed E-state index contributed by atoms with van der Waals surface area (Å²) in [6.07, 6.45) is 4.06. The van der Waals surface area contributed by atoms with Crippen molar-refractivity contribution in [3.8, 4) is 0 Å². The lowest BCUT2D eigenvalue weighted by Crippen LogP contribution is -2.33. The van der Waals surface area contributed by atoms with Crippen molar-refractivity contribution in [2.45, 2.75) is 19.8 Å². The van der Waals surface area contributed by atoms with E-state index in [1.807, 2.05) is 18.2 Å². The van der Waals surface area contributed by atoms with Crippen molar-refractivity contribution in [1.82, 2.24) is 5.32 Å². The van der Waals surface area contributed by atoms with E-state index in [2.05, 4.69) is 28.5 Å². The molecule has 0 aliphatic carbocycles. The zero-order valence-electron chi connectivity index (χ0n) is 13.3. The number of anilines is 2. The van der Waals surface area contributed by atoms with Crippen LogP contribution < -0.4 is 15.5 Å². The molecule has 1 saturated heterocycles. The Hall–Kier alpha value is -1.56. The van der Waals surface area contributed by atoms with E-state index in [4.69, 9.17) is 0 Å². The minimum Gasteiger partial charge on any atom is -0.371 e. The van der Waals surface area contributed by atoms with E-state index in [1.165, 1.54) is 12.8 Å². The van der Waals surface area contributed by atoms with Gasteiger partial charge in [-0.05, 0) is 37.0 Å². The van der Waals surface area contributed by atoms with Crippen LogP contribution in [-0.2, 0) is 10.8 Å². The third-order valence-electron chi connectivity index (χ3n) is 3.93. The molecule has 0 bridgehead atoms. The number of hydrogen-bond acceptors (Lipinski definition) is 3. The maximum atomic E-state index is 11.8. The van der Waals surface area contributed by atoms with E-state index in [9.17, 15) is 9.00 Å². The van der Waals surface area contributed by atoms with Gasteiger partial charge in [0.15, 0.2) is 0 Å². The van der Waals surface area contributed by atoms with E-state index >= 15 is 0 Å². The van der Waals surface area contributed by atoms with Crippen LogP contribution in [0, 0.1) is 5.92 Å². The third kappa shape index (κ3) is 5.33. The molecule has 0 aromatic heterocycles. The van der Waals surface area contributed by atoms with Crippen LogP contribution in [0.1, 0.15) is 19.8 Å². The molecular weight excluding hydrogens is 298 g/mol. The molecule has 1 fully saturated rings. The van der Waals surface area contributed by atoms with Gasteiger partial charge in [0.25, 0.3) is 0 Å². The average molecular weight is 323 g/mol. The van der Waals surface area contributed by atoms with E-state index in [0.717, 1.165) is 30.4 Å². The van der Waals surface area contributed by atoms with Crippen molar-refractivity contribution in [2.24, 2.45) is 5.92 Å². The van der Waals surface area contributed by atoms with E-state index < -0.39 is 10.8 Å². The maximum Gasteiger partial charge on any atom is 0.319 e. The Morgan fingerprint density at radius 2 is 2.09 bits per heavy atom. The van der Waals surface area contributed by atoms with Crippen LogP contribution in [0.15, 0.2) is 24.3 Å². The second-order valence-corrected chi connectivity index (χ2v) is 7.43. The molecule has 2 rings (SSSR count). The Bertz CT molecular complexity index is 528. The Morgan fingerprint density at radius 1 is 1.36 bits per heavy atom. The SMILES string of the molecule is CC1CCN(c2cccc(NC(=O)NCC[S@@](C)=O)c2)CC1. The number of piperidine rings is 1. The van der Waals surface area contributed by atoms with Gasteiger partial charge in [0.2, 0.25) is 0 Å². The van der Waals surface area contributed by atoms with Crippen molar-refractivity contribution in [3.63, 3.8) is 0 Å². The van der Waals surface area contributed by atoms with Crippen molar-refractivity contribution < 1.29 is 9.00 Å². The minimum atomic E-state index is -0.888. The van der Waals surface area contributed by atoms with Crippen LogP contribution in [0.2, 0.25) is 0 Å². The van der Waals surface area contributed by atoms with E-state index in [-0.39, 0.29) is 6.03 Å². The monoisotopic (exact) mass is 323 g/mol. The highest BCUT2D eigenvalue weighted by atomic mass is 32.2. The largest absolute Gasteiger partial charge is 0.371 e. The predicted molar refractivity (Wildman–Crippen MR) is 93.0 cm³/mol. The molecular formula is C16H25N3O2S. The summed E-state index contributed by atoms with van der Waals surface area (Å²) in [4.78, 5) is 14.2. The lowest BCUT2D eigenvalue weighted by molar-refractivity contribution is 0.252. The molecule has 0 radical (unpaired) electrons. The fourth-order valence-electron chi connectivity index (χ4n) is 2.53. The second kappa shape index (κ2) is 8.17. The topological polar surface area (TPSA) is 61.4 Å². The number of hydrogen-bond donors (Lipinski definition) is 2. The van der Waals surface area contributed by atoms with Crippen LogP contribution in [0.5, 0.6) is 0 Å². The number of amides is 2. The summed E-state index contributed by atoms with van der Waals surface area (Å²) in [5, 5.41) is 5.54. The molecule has 1 heterocycles. The molecule has 22 heavy (non-hydrogen) atoms. The molecule has 2 N–H and O–H groups in total. The quantitative estimate of drug-likeness (QED) is 0.875. The molecule has 0 saturated carbocycles. The van der Waals surface area contributed by atoms with Crippen molar-refractivity contribution in [1.29, 1.82) is 0 Å². The predicted octanol–water partition coefficient (Wildman–Crippen LogP) is 2.42. The smallest absolute Gasteiger partial charge is 0.319 e. The van der Waals surface area contributed by atoms with Gasteiger partial charge in [-0.1, -0.05) is 13.0 Å². The van der Waals surface area contributed by atoms with Gasteiger partial charge in [0.05, 0.1) is 0 Å². The maximum absolute atomic E-state index is 11.8. The van der Waals surface area contributed by atoms with Gasteiger partial charge in [-0.3, -0.25) is 4.21 Å².